The molecule has 6 heteroatoms. The Morgan fingerprint density at radius 1 is 1.44 bits per heavy atom. The van der Waals surface area contributed by atoms with E-state index in [1.54, 1.807) is 37.3 Å². The van der Waals surface area contributed by atoms with Gasteiger partial charge in [0.05, 0.1) is 7.05 Å². The molecule has 6 nitrogen and oxygen atoms in total. The lowest BCUT2D eigenvalue weighted by atomic mass is 10.2. The normalized spacial score (nSPS) is 11.6. The molecule has 0 spiro atoms. The number of nitro groups is 1. The van der Waals surface area contributed by atoms with Gasteiger partial charge in [-0.05, 0) is 19.1 Å². The number of hydrogen-bond acceptors (Lipinski definition) is 3. The number of amides is 1. The van der Waals surface area contributed by atoms with E-state index in [-0.39, 0.29) is 5.91 Å². The van der Waals surface area contributed by atoms with Crippen LogP contribution in [0.4, 0.5) is 0 Å². The molecule has 0 aliphatic carbocycles. The number of nitrogens with one attached hydrogen (secondary N) is 1. The highest BCUT2D eigenvalue weighted by Crippen LogP contribution is 2.00. The zero-order chi connectivity index (χ0) is 12.1. The number of nitrogens with zero attached hydrogens (tertiary/aromatic N) is 2. The van der Waals surface area contributed by atoms with Gasteiger partial charge in [-0.2, -0.15) is 0 Å². The first-order valence-corrected chi connectivity index (χ1v) is 4.75. The van der Waals surface area contributed by atoms with Gasteiger partial charge in [-0.1, -0.05) is 18.2 Å². The minimum absolute atomic E-state index is 0.332. The number of hydrazine groups is 1. The minimum atomic E-state index is -0.664. The summed E-state index contributed by atoms with van der Waals surface area (Å²) in [5, 5.41) is 13.2. The van der Waals surface area contributed by atoms with Crippen molar-refractivity contribution in [2.45, 2.75) is 13.1 Å². The van der Waals surface area contributed by atoms with E-state index in [9.17, 15) is 14.9 Å². The summed E-state index contributed by atoms with van der Waals surface area (Å²) in [5.41, 5.74) is 0.478. The molecule has 1 aromatic rings. The van der Waals surface area contributed by atoms with Crippen LogP contribution in [0, 0.1) is 10.1 Å². The molecule has 0 aliphatic heterocycles. The van der Waals surface area contributed by atoms with Crippen LogP contribution in [-0.2, 0) is 0 Å². The second-order valence-electron chi connectivity index (χ2n) is 3.33. The maximum Gasteiger partial charge on any atom is 0.253 e. The summed E-state index contributed by atoms with van der Waals surface area (Å²) in [6.45, 7) is 1.55. The maximum absolute atomic E-state index is 11.6. The van der Waals surface area contributed by atoms with E-state index >= 15 is 0 Å². The lowest BCUT2D eigenvalue weighted by molar-refractivity contribution is -0.657. The Morgan fingerprint density at radius 2 is 2.00 bits per heavy atom. The summed E-state index contributed by atoms with van der Waals surface area (Å²) in [7, 11) is 1.30. The van der Waals surface area contributed by atoms with Gasteiger partial charge in [-0.15, -0.1) is 5.01 Å². The Balaban J connectivity index is 2.62. The summed E-state index contributed by atoms with van der Waals surface area (Å²) in [4.78, 5) is 22.1. The number of carbonyl (C=O) groups excluding carboxylic acids is 1. The standard InChI is InChI=1S/C10H13N3O3/c1-8(12(2)13(15)16)11-10(14)9-6-4-3-5-7-9/h3-8H,1-2H3,(H,11,14). The van der Waals surface area contributed by atoms with Crippen molar-refractivity contribution in [2.24, 2.45) is 0 Å². The highest BCUT2D eigenvalue weighted by Gasteiger charge is 2.19. The van der Waals surface area contributed by atoms with Crippen molar-refractivity contribution in [3.05, 3.63) is 46.0 Å². The van der Waals surface area contributed by atoms with Gasteiger partial charge in [0.1, 0.15) is 0 Å². The summed E-state index contributed by atoms with van der Waals surface area (Å²) >= 11 is 0. The van der Waals surface area contributed by atoms with Crippen LogP contribution in [0.25, 0.3) is 0 Å². The SMILES string of the molecule is CC(NC(=O)c1ccccc1)N(C)[N+](=O)[O-]. The molecule has 1 rings (SSSR count). The Morgan fingerprint density at radius 3 is 2.50 bits per heavy atom. The Kier molecular flexibility index (Phi) is 3.82. The molecule has 1 aromatic carbocycles. The first-order chi connectivity index (χ1) is 7.52. The van der Waals surface area contributed by atoms with Crippen molar-refractivity contribution in [3.63, 3.8) is 0 Å². The van der Waals surface area contributed by atoms with Crippen LogP contribution in [-0.4, -0.2) is 29.2 Å². The molecule has 16 heavy (non-hydrogen) atoms. The van der Waals surface area contributed by atoms with Crippen LogP contribution < -0.4 is 5.32 Å². The number of carbonyl (C=O) groups is 1. The zero-order valence-corrected chi connectivity index (χ0v) is 9.08. The van der Waals surface area contributed by atoms with Gasteiger partial charge in [0.2, 0.25) is 0 Å². The second kappa shape index (κ2) is 5.11. The minimum Gasteiger partial charge on any atom is -0.327 e. The first kappa shape index (κ1) is 12.0. The molecule has 1 amide bonds. The summed E-state index contributed by atoms with van der Waals surface area (Å²) in [6, 6.07) is 8.55. The number of rotatable bonds is 4. The van der Waals surface area contributed by atoms with Crippen LogP contribution in [0.5, 0.6) is 0 Å². The van der Waals surface area contributed by atoms with Crippen molar-refractivity contribution < 1.29 is 9.83 Å². The highest BCUT2D eigenvalue weighted by molar-refractivity contribution is 5.94. The average Bonchev–Trinajstić information content (AvgIpc) is 2.28. The zero-order valence-electron chi connectivity index (χ0n) is 9.08. The van der Waals surface area contributed by atoms with E-state index in [0.717, 1.165) is 5.01 Å². The Bertz CT molecular complexity index is 380. The summed E-state index contributed by atoms with van der Waals surface area (Å²) in [5.74, 6) is -0.332. The molecule has 1 unspecified atom stereocenters. The first-order valence-electron chi connectivity index (χ1n) is 4.75. The van der Waals surface area contributed by atoms with Gasteiger partial charge in [-0.3, -0.25) is 4.79 Å². The van der Waals surface area contributed by atoms with Crippen LogP contribution in [0.3, 0.4) is 0 Å². The molecular formula is C10H13N3O3. The Hall–Kier alpha value is -2.11. The smallest absolute Gasteiger partial charge is 0.253 e. The molecular weight excluding hydrogens is 210 g/mol. The molecule has 0 fully saturated rings. The monoisotopic (exact) mass is 223 g/mol. The van der Waals surface area contributed by atoms with Crippen LogP contribution in [0.1, 0.15) is 17.3 Å². The van der Waals surface area contributed by atoms with Gasteiger partial charge >= 0.3 is 0 Å². The van der Waals surface area contributed by atoms with Gasteiger partial charge in [0.15, 0.2) is 11.2 Å². The summed E-state index contributed by atoms with van der Waals surface area (Å²) < 4.78 is 0. The Labute approximate surface area is 93.0 Å². The highest BCUT2D eigenvalue weighted by atomic mass is 16.7. The average molecular weight is 223 g/mol. The molecule has 1 N–H and O–H groups in total. The van der Waals surface area contributed by atoms with Gasteiger partial charge < -0.3 is 5.32 Å². The van der Waals surface area contributed by atoms with E-state index in [1.807, 2.05) is 0 Å². The fourth-order valence-corrected chi connectivity index (χ4v) is 1.10. The van der Waals surface area contributed by atoms with Gasteiger partial charge in [0, 0.05) is 5.56 Å². The lowest BCUT2D eigenvalue weighted by Crippen LogP contribution is -2.46. The lowest BCUT2D eigenvalue weighted by Gasteiger charge is -2.18. The van der Waals surface area contributed by atoms with Crippen molar-refractivity contribution in [1.29, 1.82) is 0 Å². The molecule has 86 valence electrons. The molecule has 0 aliphatic rings. The van der Waals surface area contributed by atoms with Crippen LogP contribution >= 0.6 is 0 Å². The van der Waals surface area contributed by atoms with E-state index in [1.165, 1.54) is 7.05 Å². The molecule has 0 saturated heterocycles. The molecule has 0 radical (unpaired) electrons. The second-order valence-corrected chi connectivity index (χ2v) is 3.33. The van der Waals surface area contributed by atoms with E-state index in [0.29, 0.717) is 5.56 Å². The maximum atomic E-state index is 11.6. The molecule has 0 heterocycles. The van der Waals surface area contributed by atoms with Gasteiger partial charge in [0.25, 0.3) is 5.91 Å². The largest absolute Gasteiger partial charge is 0.327 e. The van der Waals surface area contributed by atoms with Crippen molar-refractivity contribution >= 4 is 5.91 Å². The van der Waals surface area contributed by atoms with Crippen molar-refractivity contribution in [3.8, 4) is 0 Å². The number of benzene rings is 1. The molecule has 0 bridgehead atoms. The van der Waals surface area contributed by atoms with Crippen molar-refractivity contribution in [1.82, 2.24) is 10.3 Å². The topological polar surface area (TPSA) is 75.5 Å². The summed E-state index contributed by atoms with van der Waals surface area (Å²) in [6.07, 6.45) is -0.664. The fraction of sp³-hybridized carbons (Fsp3) is 0.300. The van der Waals surface area contributed by atoms with E-state index in [4.69, 9.17) is 0 Å². The third-order valence-corrected chi connectivity index (χ3v) is 2.19. The van der Waals surface area contributed by atoms with Gasteiger partial charge in [-0.25, -0.2) is 10.1 Å². The van der Waals surface area contributed by atoms with E-state index < -0.39 is 11.2 Å². The molecule has 1 atom stereocenters. The third kappa shape index (κ3) is 2.94. The molecule has 0 saturated carbocycles. The number of hydrogen-bond donors (Lipinski definition) is 1. The predicted molar refractivity (Wildman–Crippen MR) is 58.1 cm³/mol. The third-order valence-electron chi connectivity index (χ3n) is 2.19. The molecule has 0 aromatic heterocycles. The van der Waals surface area contributed by atoms with Crippen LogP contribution in [0.15, 0.2) is 30.3 Å². The quantitative estimate of drug-likeness (QED) is 0.467. The predicted octanol–water partition coefficient (Wildman–Crippen LogP) is 0.886. The van der Waals surface area contributed by atoms with E-state index in [2.05, 4.69) is 5.32 Å². The van der Waals surface area contributed by atoms with Crippen molar-refractivity contribution in [2.75, 3.05) is 7.05 Å². The fourth-order valence-electron chi connectivity index (χ4n) is 1.10. The van der Waals surface area contributed by atoms with Crippen LogP contribution in [0.2, 0.25) is 0 Å².